The molecule has 0 spiro atoms. The Morgan fingerprint density at radius 3 is 2.89 bits per heavy atom. The topological polar surface area (TPSA) is 61.4 Å². The third-order valence-corrected chi connectivity index (χ3v) is 3.72. The van der Waals surface area contributed by atoms with Crippen LogP contribution in [0.1, 0.15) is 31.7 Å². The maximum absolute atomic E-state index is 12.4. The number of para-hydroxylation sites is 1. The van der Waals surface area contributed by atoms with Crippen LogP contribution in [0.3, 0.4) is 0 Å². The SMILES string of the molecule is CC(C)C(CCO)NC(=O)C1CNc2ccccc21. The molecule has 4 heteroatoms. The van der Waals surface area contributed by atoms with Gasteiger partial charge in [-0.25, -0.2) is 0 Å². The molecule has 1 aromatic rings. The number of aliphatic hydroxyl groups excluding tert-OH is 1. The van der Waals surface area contributed by atoms with E-state index in [4.69, 9.17) is 5.11 Å². The Kier molecular flexibility index (Phi) is 4.43. The van der Waals surface area contributed by atoms with Gasteiger partial charge in [-0.05, 0) is 24.0 Å². The van der Waals surface area contributed by atoms with Crippen molar-refractivity contribution < 1.29 is 9.90 Å². The molecule has 2 unspecified atom stereocenters. The van der Waals surface area contributed by atoms with Gasteiger partial charge in [0.15, 0.2) is 0 Å². The molecule has 1 heterocycles. The van der Waals surface area contributed by atoms with E-state index in [-0.39, 0.29) is 24.5 Å². The largest absolute Gasteiger partial charge is 0.396 e. The minimum atomic E-state index is -0.129. The second-order valence-corrected chi connectivity index (χ2v) is 5.39. The van der Waals surface area contributed by atoms with Gasteiger partial charge < -0.3 is 15.7 Å². The minimum absolute atomic E-state index is 0.0327. The summed E-state index contributed by atoms with van der Waals surface area (Å²) in [5.41, 5.74) is 2.11. The molecule has 0 aromatic heterocycles. The Labute approximate surface area is 114 Å². The molecule has 0 bridgehead atoms. The molecule has 2 rings (SSSR count). The van der Waals surface area contributed by atoms with Crippen LogP contribution in [-0.4, -0.2) is 30.2 Å². The second-order valence-electron chi connectivity index (χ2n) is 5.39. The van der Waals surface area contributed by atoms with Crippen molar-refractivity contribution in [2.24, 2.45) is 5.92 Å². The highest BCUT2D eigenvalue weighted by Gasteiger charge is 2.29. The van der Waals surface area contributed by atoms with Crippen LogP contribution in [-0.2, 0) is 4.79 Å². The summed E-state index contributed by atoms with van der Waals surface area (Å²) in [6.07, 6.45) is 0.602. The number of amides is 1. The molecule has 4 nitrogen and oxygen atoms in total. The summed E-state index contributed by atoms with van der Waals surface area (Å²) in [4.78, 5) is 12.4. The van der Waals surface area contributed by atoms with E-state index in [0.717, 1.165) is 11.3 Å². The van der Waals surface area contributed by atoms with Crippen LogP contribution in [0.25, 0.3) is 0 Å². The summed E-state index contributed by atoms with van der Waals surface area (Å²) >= 11 is 0. The highest BCUT2D eigenvalue weighted by Crippen LogP contribution is 2.31. The first-order valence-electron chi connectivity index (χ1n) is 6.87. The number of benzene rings is 1. The predicted octanol–water partition coefficient (Wildman–Crippen LogP) is 1.72. The first-order chi connectivity index (χ1) is 9.13. The van der Waals surface area contributed by atoms with Gasteiger partial charge in [0.25, 0.3) is 0 Å². The summed E-state index contributed by atoms with van der Waals surface area (Å²) in [5, 5.41) is 15.4. The van der Waals surface area contributed by atoms with Crippen LogP contribution in [0.2, 0.25) is 0 Å². The fourth-order valence-corrected chi connectivity index (χ4v) is 2.51. The van der Waals surface area contributed by atoms with Gasteiger partial charge >= 0.3 is 0 Å². The zero-order valence-electron chi connectivity index (χ0n) is 11.5. The third-order valence-electron chi connectivity index (χ3n) is 3.72. The highest BCUT2D eigenvalue weighted by molar-refractivity contribution is 5.88. The minimum Gasteiger partial charge on any atom is -0.396 e. The van der Waals surface area contributed by atoms with Crippen LogP contribution in [0, 0.1) is 5.92 Å². The van der Waals surface area contributed by atoms with Crippen LogP contribution < -0.4 is 10.6 Å². The van der Waals surface area contributed by atoms with E-state index in [1.807, 2.05) is 24.3 Å². The number of rotatable bonds is 5. The van der Waals surface area contributed by atoms with Crippen LogP contribution in [0.15, 0.2) is 24.3 Å². The number of fused-ring (bicyclic) bond motifs is 1. The summed E-state index contributed by atoms with van der Waals surface area (Å²) in [7, 11) is 0. The van der Waals surface area contributed by atoms with Crippen LogP contribution >= 0.6 is 0 Å². The van der Waals surface area contributed by atoms with E-state index >= 15 is 0 Å². The fraction of sp³-hybridized carbons (Fsp3) is 0.533. The lowest BCUT2D eigenvalue weighted by molar-refractivity contribution is -0.123. The molecule has 1 amide bonds. The summed E-state index contributed by atoms with van der Waals surface area (Å²) in [6, 6.07) is 7.95. The van der Waals surface area contributed by atoms with Crippen molar-refractivity contribution in [3.8, 4) is 0 Å². The summed E-state index contributed by atoms with van der Waals surface area (Å²) in [6.45, 7) is 4.86. The van der Waals surface area contributed by atoms with E-state index in [0.29, 0.717) is 18.9 Å². The molecule has 2 atom stereocenters. The Balaban J connectivity index is 2.05. The zero-order valence-corrected chi connectivity index (χ0v) is 11.5. The normalized spacial score (nSPS) is 18.8. The van der Waals surface area contributed by atoms with E-state index in [2.05, 4.69) is 24.5 Å². The molecule has 0 aliphatic carbocycles. The second kappa shape index (κ2) is 6.06. The highest BCUT2D eigenvalue weighted by atomic mass is 16.3. The molecule has 0 saturated carbocycles. The van der Waals surface area contributed by atoms with Crippen molar-refractivity contribution in [3.05, 3.63) is 29.8 Å². The monoisotopic (exact) mass is 262 g/mol. The number of anilines is 1. The zero-order chi connectivity index (χ0) is 13.8. The molecule has 1 aliphatic rings. The molecule has 3 N–H and O–H groups in total. The van der Waals surface area contributed by atoms with Gasteiger partial charge in [0, 0.05) is 24.9 Å². The lowest BCUT2D eigenvalue weighted by atomic mass is 9.97. The molecule has 1 aliphatic heterocycles. The molecular formula is C15H22N2O2. The van der Waals surface area contributed by atoms with E-state index in [9.17, 15) is 4.79 Å². The first kappa shape index (κ1) is 13.9. The maximum Gasteiger partial charge on any atom is 0.229 e. The van der Waals surface area contributed by atoms with Gasteiger partial charge in [0.1, 0.15) is 0 Å². The van der Waals surface area contributed by atoms with Gasteiger partial charge in [-0.15, -0.1) is 0 Å². The van der Waals surface area contributed by atoms with Gasteiger partial charge in [-0.3, -0.25) is 4.79 Å². The Hall–Kier alpha value is -1.55. The molecule has 1 aromatic carbocycles. The van der Waals surface area contributed by atoms with E-state index in [1.165, 1.54) is 0 Å². The van der Waals surface area contributed by atoms with Gasteiger partial charge in [-0.2, -0.15) is 0 Å². The Bertz CT molecular complexity index is 446. The van der Waals surface area contributed by atoms with E-state index in [1.54, 1.807) is 0 Å². The average molecular weight is 262 g/mol. The van der Waals surface area contributed by atoms with Gasteiger partial charge in [0.05, 0.1) is 5.92 Å². The quantitative estimate of drug-likeness (QED) is 0.757. The summed E-state index contributed by atoms with van der Waals surface area (Å²) < 4.78 is 0. The predicted molar refractivity (Wildman–Crippen MR) is 76.1 cm³/mol. The van der Waals surface area contributed by atoms with E-state index < -0.39 is 0 Å². The number of carbonyl (C=O) groups excluding carboxylic acids is 1. The Morgan fingerprint density at radius 1 is 1.47 bits per heavy atom. The standard InChI is InChI=1S/C15H22N2O2/c1-10(2)13(7-8-18)17-15(19)12-9-16-14-6-4-3-5-11(12)14/h3-6,10,12-13,16,18H,7-9H2,1-2H3,(H,17,19). The van der Waals surface area contributed by atoms with Crippen molar-refractivity contribution >= 4 is 11.6 Å². The van der Waals surface area contributed by atoms with Crippen molar-refractivity contribution in [1.82, 2.24) is 5.32 Å². The molecule has 19 heavy (non-hydrogen) atoms. The fourth-order valence-electron chi connectivity index (χ4n) is 2.51. The molecule has 0 saturated heterocycles. The van der Waals surface area contributed by atoms with Crippen molar-refractivity contribution in [1.29, 1.82) is 0 Å². The smallest absolute Gasteiger partial charge is 0.229 e. The number of carbonyl (C=O) groups is 1. The number of hydrogen-bond donors (Lipinski definition) is 3. The lowest BCUT2D eigenvalue weighted by Crippen LogP contribution is -2.42. The Morgan fingerprint density at radius 2 is 2.21 bits per heavy atom. The average Bonchev–Trinajstić information content (AvgIpc) is 2.81. The number of aliphatic hydroxyl groups is 1. The third kappa shape index (κ3) is 3.07. The van der Waals surface area contributed by atoms with Crippen molar-refractivity contribution in [2.45, 2.75) is 32.2 Å². The van der Waals surface area contributed by atoms with Crippen LogP contribution in [0.4, 0.5) is 5.69 Å². The molecule has 0 radical (unpaired) electrons. The number of hydrogen-bond acceptors (Lipinski definition) is 3. The molecule has 104 valence electrons. The number of nitrogens with one attached hydrogen (secondary N) is 2. The summed E-state index contributed by atoms with van der Waals surface area (Å²) in [5.74, 6) is 0.237. The molecular weight excluding hydrogens is 240 g/mol. The maximum atomic E-state index is 12.4. The van der Waals surface area contributed by atoms with Crippen molar-refractivity contribution in [2.75, 3.05) is 18.5 Å². The van der Waals surface area contributed by atoms with Gasteiger partial charge in [0.2, 0.25) is 5.91 Å². The molecule has 0 fully saturated rings. The van der Waals surface area contributed by atoms with Gasteiger partial charge in [-0.1, -0.05) is 32.0 Å². The first-order valence-corrected chi connectivity index (χ1v) is 6.87. The van der Waals surface area contributed by atoms with Crippen LogP contribution in [0.5, 0.6) is 0 Å². The van der Waals surface area contributed by atoms with Crippen molar-refractivity contribution in [3.63, 3.8) is 0 Å². The lowest BCUT2D eigenvalue weighted by Gasteiger charge is -2.23.